The van der Waals surface area contributed by atoms with E-state index in [0.717, 1.165) is 11.1 Å². The number of hydrogen-bond acceptors (Lipinski definition) is 2. The van der Waals surface area contributed by atoms with Gasteiger partial charge in [0.25, 0.3) is 5.56 Å². The van der Waals surface area contributed by atoms with E-state index in [4.69, 9.17) is 23.2 Å². The molecule has 0 fully saturated rings. The smallest absolute Gasteiger partial charge is 0.289 e. The minimum atomic E-state index is -0.421. The van der Waals surface area contributed by atoms with Crippen molar-refractivity contribution in [1.82, 2.24) is 9.13 Å². The van der Waals surface area contributed by atoms with Gasteiger partial charge in [-0.15, -0.1) is 0 Å². The van der Waals surface area contributed by atoms with Gasteiger partial charge < -0.3 is 0 Å². The summed E-state index contributed by atoms with van der Waals surface area (Å²) in [6.07, 6.45) is 0. The van der Waals surface area contributed by atoms with Gasteiger partial charge in [0.05, 0.1) is 29.0 Å². The van der Waals surface area contributed by atoms with Crippen LogP contribution in [0.4, 0.5) is 0 Å². The van der Waals surface area contributed by atoms with Crippen molar-refractivity contribution in [2.75, 3.05) is 0 Å². The molecule has 0 saturated heterocycles. The van der Waals surface area contributed by atoms with Crippen LogP contribution in [0, 0.1) is 0 Å². The summed E-state index contributed by atoms with van der Waals surface area (Å²) in [6.45, 7) is 0.476. The topological polar surface area (TPSA) is 44.0 Å². The van der Waals surface area contributed by atoms with Gasteiger partial charge in [-0.3, -0.25) is 13.9 Å². The van der Waals surface area contributed by atoms with Gasteiger partial charge in [-0.1, -0.05) is 83.9 Å². The van der Waals surface area contributed by atoms with Crippen molar-refractivity contribution >= 4 is 34.1 Å². The molecule has 0 spiro atoms. The summed E-state index contributed by atoms with van der Waals surface area (Å²) in [5.41, 5.74) is 1.41. The number of halogens is 2. The highest BCUT2D eigenvalue weighted by Crippen LogP contribution is 2.25. The lowest BCUT2D eigenvalue weighted by molar-refractivity contribution is 0.635. The normalized spacial score (nSPS) is 11.1. The maximum atomic E-state index is 13.3. The fourth-order valence-electron chi connectivity index (χ4n) is 3.28. The molecule has 0 radical (unpaired) electrons. The summed E-state index contributed by atoms with van der Waals surface area (Å²) in [4.78, 5) is 26.4. The molecule has 0 bridgehead atoms. The van der Waals surface area contributed by atoms with Gasteiger partial charge in [-0.25, -0.2) is 4.79 Å². The molecule has 0 aliphatic heterocycles. The van der Waals surface area contributed by atoms with Gasteiger partial charge in [-0.2, -0.15) is 0 Å². The average molecular weight is 411 g/mol. The Bertz CT molecular complexity index is 1260. The van der Waals surface area contributed by atoms with Crippen molar-refractivity contribution < 1.29 is 0 Å². The molecule has 0 aliphatic carbocycles. The molecule has 1 aromatic heterocycles. The molecule has 0 saturated carbocycles. The van der Waals surface area contributed by atoms with E-state index in [1.807, 2.05) is 60.7 Å². The second-order valence-corrected chi connectivity index (χ2v) is 7.36. The van der Waals surface area contributed by atoms with Gasteiger partial charge in [0.1, 0.15) is 0 Å². The molecule has 4 nitrogen and oxygen atoms in total. The van der Waals surface area contributed by atoms with Crippen LogP contribution < -0.4 is 11.2 Å². The van der Waals surface area contributed by atoms with Crippen molar-refractivity contribution in [3.8, 4) is 0 Å². The monoisotopic (exact) mass is 410 g/mol. The Balaban J connectivity index is 2.00. The van der Waals surface area contributed by atoms with Gasteiger partial charge in [0.15, 0.2) is 0 Å². The quantitative estimate of drug-likeness (QED) is 0.494. The van der Waals surface area contributed by atoms with E-state index in [1.54, 1.807) is 10.6 Å². The first-order valence-electron chi connectivity index (χ1n) is 8.75. The summed E-state index contributed by atoms with van der Waals surface area (Å²) < 4.78 is 2.77. The number of nitrogens with zero attached hydrogens (tertiary/aromatic N) is 2. The fraction of sp³-hybridized carbons (Fsp3) is 0.0909. The molecule has 0 unspecified atom stereocenters. The second kappa shape index (κ2) is 7.66. The fourth-order valence-corrected chi connectivity index (χ4v) is 3.84. The standard InChI is InChI=1S/C22H16Cl2N2O2/c23-17-11-18(24)20-19(12-17)25(13-15-7-3-1-4-8-15)22(28)26(21(20)27)14-16-9-5-2-6-10-16/h1-12H,13-14H2. The van der Waals surface area contributed by atoms with Crippen LogP contribution in [0.1, 0.15) is 11.1 Å². The zero-order valence-corrected chi connectivity index (χ0v) is 16.3. The first kappa shape index (κ1) is 18.5. The lowest BCUT2D eigenvalue weighted by Gasteiger charge is -2.15. The summed E-state index contributed by atoms with van der Waals surface area (Å²) in [5.74, 6) is 0. The molecule has 4 rings (SSSR count). The van der Waals surface area contributed by atoms with E-state index in [2.05, 4.69) is 0 Å². The van der Waals surface area contributed by atoms with Crippen molar-refractivity contribution in [2.45, 2.75) is 13.1 Å². The lowest BCUT2D eigenvalue weighted by atomic mass is 10.2. The maximum absolute atomic E-state index is 13.3. The predicted octanol–water partition coefficient (Wildman–Crippen LogP) is 4.57. The third kappa shape index (κ3) is 3.49. The third-order valence-electron chi connectivity index (χ3n) is 4.61. The Morgan fingerprint density at radius 1 is 0.714 bits per heavy atom. The average Bonchev–Trinajstić information content (AvgIpc) is 2.69. The van der Waals surface area contributed by atoms with Crippen LogP contribution in [0.3, 0.4) is 0 Å². The molecule has 0 N–H and O–H groups in total. The molecule has 1 heterocycles. The Kier molecular flexibility index (Phi) is 5.07. The molecule has 3 aromatic carbocycles. The third-order valence-corrected chi connectivity index (χ3v) is 5.13. The lowest BCUT2D eigenvalue weighted by Crippen LogP contribution is -2.40. The Morgan fingerprint density at radius 2 is 1.25 bits per heavy atom. The minimum absolute atomic E-state index is 0.169. The van der Waals surface area contributed by atoms with Crippen LogP contribution in [0.2, 0.25) is 10.0 Å². The molecule has 140 valence electrons. The largest absolute Gasteiger partial charge is 0.332 e. The van der Waals surface area contributed by atoms with E-state index in [-0.39, 0.29) is 17.0 Å². The van der Waals surface area contributed by atoms with E-state index >= 15 is 0 Å². The van der Waals surface area contributed by atoms with Crippen LogP contribution in [0.25, 0.3) is 10.9 Å². The Morgan fingerprint density at radius 3 is 1.82 bits per heavy atom. The number of hydrogen-bond donors (Lipinski definition) is 0. The first-order valence-corrected chi connectivity index (χ1v) is 9.50. The highest BCUT2D eigenvalue weighted by molar-refractivity contribution is 6.38. The van der Waals surface area contributed by atoms with Crippen LogP contribution in [-0.2, 0) is 13.1 Å². The van der Waals surface area contributed by atoms with Crippen LogP contribution in [0.15, 0.2) is 82.4 Å². The zero-order valence-electron chi connectivity index (χ0n) is 14.8. The highest BCUT2D eigenvalue weighted by atomic mass is 35.5. The van der Waals surface area contributed by atoms with Gasteiger partial charge in [0.2, 0.25) is 0 Å². The Hall–Kier alpha value is -2.82. The number of rotatable bonds is 4. The summed E-state index contributed by atoms with van der Waals surface area (Å²) >= 11 is 12.5. The molecule has 4 aromatic rings. The van der Waals surface area contributed by atoms with Crippen LogP contribution >= 0.6 is 23.2 Å². The minimum Gasteiger partial charge on any atom is -0.289 e. The van der Waals surface area contributed by atoms with Crippen molar-refractivity contribution in [3.05, 3.63) is 115 Å². The van der Waals surface area contributed by atoms with E-state index in [1.165, 1.54) is 10.6 Å². The van der Waals surface area contributed by atoms with Crippen molar-refractivity contribution in [2.24, 2.45) is 0 Å². The van der Waals surface area contributed by atoms with E-state index in [9.17, 15) is 9.59 Å². The predicted molar refractivity (Wildman–Crippen MR) is 114 cm³/mol. The SMILES string of the molecule is O=c1c2c(Cl)cc(Cl)cc2n(Cc2ccccc2)c(=O)n1Cc1ccccc1. The molecular weight excluding hydrogens is 395 g/mol. The molecule has 0 aliphatic rings. The second-order valence-electron chi connectivity index (χ2n) is 6.51. The number of aromatic nitrogens is 2. The van der Waals surface area contributed by atoms with Crippen molar-refractivity contribution in [3.63, 3.8) is 0 Å². The molecule has 6 heteroatoms. The maximum Gasteiger partial charge on any atom is 0.332 e. The van der Waals surface area contributed by atoms with E-state index < -0.39 is 11.2 Å². The molecule has 0 amide bonds. The Labute approximate surface area is 171 Å². The van der Waals surface area contributed by atoms with E-state index in [0.29, 0.717) is 17.1 Å². The summed E-state index contributed by atoms with van der Waals surface area (Å²) in [5, 5.41) is 0.896. The number of fused-ring (bicyclic) bond motifs is 1. The van der Waals surface area contributed by atoms with Crippen LogP contribution in [-0.4, -0.2) is 9.13 Å². The van der Waals surface area contributed by atoms with Crippen LogP contribution in [0.5, 0.6) is 0 Å². The van der Waals surface area contributed by atoms with Gasteiger partial charge in [-0.05, 0) is 23.3 Å². The summed E-state index contributed by atoms with van der Waals surface area (Å²) in [7, 11) is 0. The molecule has 28 heavy (non-hydrogen) atoms. The summed E-state index contributed by atoms with van der Waals surface area (Å²) in [6, 6.07) is 22.1. The zero-order chi connectivity index (χ0) is 19.7. The van der Waals surface area contributed by atoms with Gasteiger partial charge in [0, 0.05) is 5.02 Å². The number of benzene rings is 3. The first-order chi connectivity index (χ1) is 13.5. The molecular formula is C22H16Cl2N2O2. The van der Waals surface area contributed by atoms with Crippen molar-refractivity contribution in [1.29, 1.82) is 0 Å². The highest BCUT2D eigenvalue weighted by Gasteiger charge is 2.17. The molecule has 0 atom stereocenters. The van der Waals surface area contributed by atoms with Gasteiger partial charge >= 0.3 is 5.69 Å².